The molecular formula is C13H24N2O3. The molecule has 104 valence electrons. The van der Waals surface area contributed by atoms with E-state index in [0.717, 1.165) is 19.3 Å². The molecule has 5 heteroatoms. The standard InChI is InChI=1S/C13H24N2O3/c1-4-11(12(16)17)15-13(18)14-10-6-5-8(2)9(3)7-10/h8-11H,4-7H2,1-3H3,(H,16,17)(H2,14,15,18)/t8?,9?,10?,11-/m1/s1. The number of carboxylic acid groups (broad SMARTS) is 1. The number of amides is 2. The summed E-state index contributed by atoms with van der Waals surface area (Å²) in [5.74, 6) is 0.317. The summed E-state index contributed by atoms with van der Waals surface area (Å²) in [4.78, 5) is 22.5. The maximum Gasteiger partial charge on any atom is 0.326 e. The average Bonchev–Trinajstić information content (AvgIpc) is 2.30. The quantitative estimate of drug-likeness (QED) is 0.719. The van der Waals surface area contributed by atoms with Gasteiger partial charge in [0.1, 0.15) is 6.04 Å². The fourth-order valence-corrected chi connectivity index (χ4v) is 2.40. The summed E-state index contributed by atoms with van der Waals surface area (Å²) in [6.07, 6.45) is 3.45. The second kappa shape index (κ2) is 6.61. The van der Waals surface area contributed by atoms with Crippen LogP contribution in [0, 0.1) is 11.8 Å². The van der Waals surface area contributed by atoms with Gasteiger partial charge in [-0.1, -0.05) is 20.8 Å². The van der Waals surface area contributed by atoms with E-state index in [4.69, 9.17) is 5.11 Å². The average molecular weight is 256 g/mol. The molecule has 4 atom stereocenters. The third-order valence-electron chi connectivity index (χ3n) is 3.95. The van der Waals surface area contributed by atoms with E-state index in [0.29, 0.717) is 18.3 Å². The van der Waals surface area contributed by atoms with Gasteiger partial charge in [-0.05, 0) is 37.5 Å². The first kappa shape index (κ1) is 14.8. The van der Waals surface area contributed by atoms with Gasteiger partial charge < -0.3 is 15.7 Å². The van der Waals surface area contributed by atoms with Gasteiger partial charge in [0.05, 0.1) is 0 Å². The van der Waals surface area contributed by atoms with Gasteiger partial charge in [0, 0.05) is 6.04 Å². The summed E-state index contributed by atoms with van der Waals surface area (Å²) in [6.45, 7) is 6.17. The normalized spacial score (nSPS) is 29.4. The molecule has 0 bridgehead atoms. The monoisotopic (exact) mass is 256 g/mol. The molecule has 0 aromatic rings. The number of carbonyl (C=O) groups excluding carboxylic acids is 1. The third kappa shape index (κ3) is 4.20. The SMILES string of the molecule is CC[C@@H](NC(=O)NC1CCC(C)C(C)C1)C(=O)O. The van der Waals surface area contributed by atoms with Crippen molar-refractivity contribution < 1.29 is 14.7 Å². The van der Waals surface area contributed by atoms with Crippen molar-refractivity contribution >= 4 is 12.0 Å². The summed E-state index contributed by atoms with van der Waals surface area (Å²) in [5, 5.41) is 14.2. The minimum absolute atomic E-state index is 0.169. The Morgan fingerprint density at radius 2 is 1.94 bits per heavy atom. The van der Waals surface area contributed by atoms with Gasteiger partial charge in [-0.3, -0.25) is 0 Å². The van der Waals surface area contributed by atoms with Crippen molar-refractivity contribution in [1.82, 2.24) is 10.6 Å². The van der Waals surface area contributed by atoms with Crippen LogP contribution >= 0.6 is 0 Å². The Morgan fingerprint density at radius 3 is 2.44 bits per heavy atom. The van der Waals surface area contributed by atoms with Crippen LogP contribution in [-0.2, 0) is 4.79 Å². The van der Waals surface area contributed by atoms with E-state index in [9.17, 15) is 9.59 Å². The lowest BCUT2D eigenvalue weighted by Crippen LogP contribution is -2.50. The number of nitrogens with one attached hydrogen (secondary N) is 2. The van der Waals surface area contributed by atoms with E-state index in [1.54, 1.807) is 6.92 Å². The van der Waals surface area contributed by atoms with E-state index in [1.807, 2.05) is 0 Å². The smallest absolute Gasteiger partial charge is 0.326 e. The summed E-state index contributed by atoms with van der Waals surface area (Å²) < 4.78 is 0. The van der Waals surface area contributed by atoms with Crippen LogP contribution in [0.25, 0.3) is 0 Å². The lowest BCUT2D eigenvalue weighted by Gasteiger charge is -2.32. The van der Waals surface area contributed by atoms with Crippen LogP contribution in [-0.4, -0.2) is 29.2 Å². The lowest BCUT2D eigenvalue weighted by molar-refractivity contribution is -0.139. The summed E-state index contributed by atoms with van der Waals surface area (Å²) >= 11 is 0. The zero-order valence-electron chi connectivity index (χ0n) is 11.4. The number of rotatable bonds is 4. The van der Waals surface area contributed by atoms with Crippen LogP contribution in [0.15, 0.2) is 0 Å². The number of urea groups is 1. The zero-order chi connectivity index (χ0) is 13.7. The van der Waals surface area contributed by atoms with Crippen molar-refractivity contribution in [2.75, 3.05) is 0 Å². The largest absolute Gasteiger partial charge is 0.480 e. The van der Waals surface area contributed by atoms with E-state index < -0.39 is 12.0 Å². The Morgan fingerprint density at radius 1 is 1.28 bits per heavy atom. The molecule has 3 N–H and O–H groups in total. The first-order valence-electron chi connectivity index (χ1n) is 6.73. The topological polar surface area (TPSA) is 78.4 Å². The van der Waals surface area contributed by atoms with Gasteiger partial charge in [0.25, 0.3) is 0 Å². The third-order valence-corrected chi connectivity index (χ3v) is 3.95. The second-order valence-corrected chi connectivity index (χ2v) is 5.38. The van der Waals surface area contributed by atoms with Crippen LogP contribution < -0.4 is 10.6 Å². The van der Waals surface area contributed by atoms with Crippen molar-refractivity contribution in [2.24, 2.45) is 11.8 Å². The van der Waals surface area contributed by atoms with Crippen LogP contribution in [0.4, 0.5) is 4.79 Å². The van der Waals surface area contributed by atoms with Crippen molar-refractivity contribution in [2.45, 2.75) is 58.5 Å². The maximum atomic E-state index is 11.7. The number of hydrogen-bond acceptors (Lipinski definition) is 2. The maximum absolute atomic E-state index is 11.7. The van der Waals surface area contributed by atoms with Crippen LogP contribution in [0.1, 0.15) is 46.5 Å². The number of carbonyl (C=O) groups is 2. The van der Waals surface area contributed by atoms with Crippen molar-refractivity contribution in [3.8, 4) is 0 Å². The highest BCUT2D eigenvalue weighted by atomic mass is 16.4. The van der Waals surface area contributed by atoms with Crippen molar-refractivity contribution in [3.05, 3.63) is 0 Å². The van der Waals surface area contributed by atoms with Crippen molar-refractivity contribution in [3.63, 3.8) is 0 Å². The second-order valence-electron chi connectivity index (χ2n) is 5.38. The predicted molar refractivity (Wildman–Crippen MR) is 69.3 cm³/mol. The van der Waals surface area contributed by atoms with Gasteiger partial charge in [0.15, 0.2) is 0 Å². The Hall–Kier alpha value is -1.26. The van der Waals surface area contributed by atoms with Crippen molar-refractivity contribution in [1.29, 1.82) is 0 Å². The van der Waals surface area contributed by atoms with Gasteiger partial charge in [-0.25, -0.2) is 9.59 Å². The summed E-state index contributed by atoms with van der Waals surface area (Å²) in [6, 6.07) is -0.997. The minimum atomic E-state index is -0.988. The molecule has 0 heterocycles. The molecule has 0 spiro atoms. The van der Waals surface area contributed by atoms with Crippen LogP contribution in [0.3, 0.4) is 0 Å². The molecule has 0 aromatic carbocycles. The molecule has 1 fully saturated rings. The summed E-state index contributed by atoms with van der Waals surface area (Å²) in [5.41, 5.74) is 0. The Labute approximate surface area is 108 Å². The Bertz CT molecular complexity index is 307. The van der Waals surface area contributed by atoms with Crippen LogP contribution in [0.2, 0.25) is 0 Å². The molecule has 0 aromatic heterocycles. The first-order chi connectivity index (χ1) is 8.43. The van der Waals surface area contributed by atoms with Gasteiger partial charge in [-0.15, -0.1) is 0 Å². The molecule has 1 aliphatic carbocycles. The molecule has 3 unspecified atom stereocenters. The van der Waals surface area contributed by atoms with Gasteiger partial charge >= 0.3 is 12.0 Å². The zero-order valence-corrected chi connectivity index (χ0v) is 11.4. The highest BCUT2D eigenvalue weighted by Gasteiger charge is 2.26. The molecular weight excluding hydrogens is 232 g/mol. The van der Waals surface area contributed by atoms with E-state index in [-0.39, 0.29) is 12.1 Å². The predicted octanol–water partition coefficient (Wildman–Crippen LogP) is 1.97. The molecule has 1 saturated carbocycles. The Balaban J connectivity index is 2.38. The highest BCUT2D eigenvalue weighted by molar-refractivity contribution is 5.82. The Kier molecular flexibility index (Phi) is 5.44. The molecule has 18 heavy (non-hydrogen) atoms. The molecule has 2 amide bonds. The molecule has 1 rings (SSSR count). The van der Waals surface area contributed by atoms with E-state index in [1.165, 1.54) is 0 Å². The molecule has 5 nitrogen and oxygen atoms in total. The fourth-order valence-electron chi connectivity index (χ4n) is 2.40. The molecule has 0 aliphatic heterocycles. The van der Waals surface area contributed by atoms with Gasteiger partial charge in [-0.2, -0.15) is 0 Å². The van der Waals surface area contributed by atoms with Gasteiger partial charge in [0.2, 0.25) is 0 Å². The number of aliphatic carboxylic acids is 1. The minimum Gasteiger partial charge on any atom is -0.480 e. The number of carboxylic acids is 1. The number of hydrogen-bond donors (Lipinski definition) is 3. The van der Waals surface area contributed by atoms with E-state index >= 15 is 0 Å². The fraction of sp³-hybridized carbons (Fsp3) is 0.846. The highest BCUT2D eigenvalue weighted by Crippen LogP contribution is 2.29. The summed E-state index contributed by atoms with van der Waals surface area (Å²) in [7, 11) is 0. The molecule has 1 aliphatic rings. The molecule has 0 saturated heterocycles. The van der Waals surface area contributed by atoms with E-state index in [2.05, 4.69) is 24.5 Å². The first-order valence-corrected chi connectivity index (χ1v) is 6.73. The molecule has 0 radical (unpaired) electrons. The van der Waals surface area contributed by atoms with Crippen LogP contribution in [0.5, 0.6) is 0 Å². The lowest BCUT2D eigenvalue weighted by atomic mass is 9.79.